The monoisotopic (exact) mass is 227 g/mol. The number of para-hydroxylation sites is 1. The number of rotatable bonds is 5. The molecule has 2 rings (SSSR count). The van der Waals surface area contributed by atoms with Gasteiger partial charge in [-0.1, -0.05) is 37.6 Å². The van der Waals surface area contributed by atoms with Crippen LogP contribution in [0.15, 0.2) is 48.8 Å². The van der Waals surface area contributed by atoms with Crippen molar-refractivity contribution < 1.29 is 4.74 Å². The minimum Gasteiger partial charge on any atom is -0.493 e. The molecule has 0 aliphatic carbocycles. The molecule has 1 heterocycles. The second-order valence-electron chi connectivity index (χ2n) is 3.94. The molecule has 2 nitrogen and oxygen atoms in total. The van der Waals surface area contributed by atoms with Gasteiger partial charge in [-0.15, -0.1) is 0 Å². The molecule has 0 N–H and O–H groups in total. The van der Waals surface area contributed by atoms with E-state index in [1.165, 1.54) is 0 Å². The van der Waals surface area contributed by atoms with Crippen LogP contribution in [0.4, 0.5) is 0 Å². The van der Waals surface area contributed by atoms with Crippen molar-refractivity contribution in [2.24, 2.45) is 0 Å². The Morgan fingerprint density at radius 1 is 1.12 bits per heavy atom. The molecule has 0 fully saturated rings. The fourth-order valence-corrected chi connectivity index (χ4v) is 1.68. The van der Waals surface area contributed by atoms with Crippen molar-refractivity contribution >= 4 is 0 Å². The maximum absolute atomic E-state index is 5.80. The molecule has 1 aromatic heterocycles. The Labute approximate surface area is 102 Å². The van der Waals surface area contributed by atoms with Crippen LogP contribution in [0.25, 0.3) is 11.1 Å². The topological polar surface area (TPSA) is 22.1 Å². The molecule has 0 bridgehead atoms. The molecule has 0 amide bonds. The summed E-state index contributed by atoms with van der Waals surface area (Å²) in [5.41, 5.74) is 2.20. The summed E-state index contributed by atoms with van der Waals surface area (Å²) >= 11 is 0. The Hall–Kier alpha value is -1.83. The zero-order valence-electron chi connectivity index (χ0n) is 10.1. The number of nitrogens with zero attached hydrogens (tertiary/aromatic N) is 1. The highest BCUT2D eigenvalue weighted by atomic mass is 16.5. The third-order valence-electron chi connectivity index (χ3n) is 2.62. The van der Waals surface area contributed by atoms with Gasteiger partial charge < -0.3 is 4.74 Å². The summed E-state index contributed by atoms with van der Waals surface area (Å²) in [5.74, 6) is 0.939. The minimum atomic E-state index is 0.772. The average Bonchev–Trinajstić information content (AvgIpc) is 2.41. The highest BCUT2D eigenvalue weighted by Crippen LogP contribution is 2.29. The normalized spacial score (nSPS) is 10.2. The fourth-order valence-electron chi connectivity index (χ4n) is 1.68. The zero-order chi connectivity index (χ0) is 11.9. The Balaban J connectivity index is 2.22. The van der Waals surface area contributed by atoms with E-state index in [0.29, 0.717) is 0 Å². The molecule has 2 heteroatoms. The molecule has 0 atom stereocenters. The van der Waals surface area contributed by atoms with Crippen LogP contribution >= 0.6 is 0 Å². The maximum Gasteiger partial charge on any atom is 0.127 e. The smallest absolute Gasteiger partial charge is 0.127 e. The van der Waals surface area contributed by atoms with Gasteiger partial charge in [-0.2, -0.15) is 0 Å². The van der Waals surface area contributed by atoms with Gasteiger partial charge in [-0.05, 0) is 18.6 Å². The van der Waals surface area contributed by atoms with E-state index in [1.54, 1.807) is 6.20 Å². The molecule has 2 aromatic rings. The largest absolute Gasteiger partial charge is 0.493 e. The van der Waals surface area contributed by atoms with E-state index in [2.05, 4.69) is 24.0 Å². The lowest BCUT2D eigenvalue weighted by atomic mass is 10.1. The summed E-state index contributed by atoms with van der Waals surface area (Å²) in [7, 11) is 0. The molecule has 88 valence electrons. The molecule has 1 aromatic carbocycles. The van der Waals surface area contributed by atoms with Crippen LogP contribution in [0, 0.1) is 0 Å². The van der Waals surface area contributed by atoms with Crippen LogP contribution in [0.5, 0.6) is 5.75 Å². The third kappa shape index (κ3) is 3.06. The van der Waals surface area contributed by atoms with E-state index in [-0.39, 0.29) is 0 Å². The molecule has 0 radical (unpaired) electrons. The first kappa shape index (κ1) is 11.6. The van der Waals surface area contributed by atoms with Crippen molar-refractivity contribution in [3.63, 3.8) is 0 Å². The van der Waals surface area contributed by atoms with Crippen LogP contribution in [0.1, 0.15) is 19.8 Å². The molecular weight excluding hydrogens is 210 g/mol. The first-order valence-corrected chi connectivity index (χ1v) is 6.04. The summed E-state index contributed by atoms with van der Waals surface area (Å²) < 4.78 is 5.80. The first-order chi connectivity index (χ1) is 8.42. The van der Waals surface area contributed by atoms with Crippen molar-refractivity contribution in [1.29, 1.82) is 0 Å². The van der Waals surface area contributed by atoms with E-state index in [0.717, 1.165) is 36.3 Å². The van der Waals surface area contributed by atoms with Gasteiger partial charge in [-0.25, -0.2) is 0 Å². The van der Waals surface area contributed by atoms with Crippen LogP contribution < -0.4 is 4.74 Å². The molecule has 0 spiro atoms. The van der Waals surface area contributed by atoms with E-state index >= 15 is 0 Å². The zero-order valence-corrected chi connectivity index (χ0v) is 10.1. The Bertz CT molecular complexity index is 453. The molecule has 0 saturated carbocycles. The summed E-state index contributed by atoms with van der Waals surface area (Å²) in [6.45, 7) is 2.93. The fraction of sp³-hybridized carbons (Fsp3) is 0.267. The standard InChI is InChI=1S/C15H17NO/c1-2-3-11-17-15-9-5-4-8-14(15)13-7-6-10-16-12-13/h4-10,12H,2-3,11H2,1H3. The van der Waals surface area contributed by atoms with Crippen molar-refractivity contribution in [3.8, 4) is 16.9 Å². The summed E-state index contributed by atoms with van der Waals surface area (Å²) in [4.78, 5) is 4.14. The third-order valence-corrected chi connectivity index (χ3v) is 2.62. The maximum atomic E-state index is 5.80. The first-order valence-electron chi connectivity index (χ1n) is 6.04. The lowest BCUT2D eigenvalue weighted by molar-refractivity contribution is 0.310. The van der Waals surface area contributed by atoms with Crippen molar-refractivity contribution in [1.82, 2.24) is 4.98 Å². The van der Waals surface area contributed by atoms with E-state index in [9.17, 15) is 0 Å². The predicted molar refractivity (Wildman–Crippen MR) is 70.1 cm³/mol. The minimum absolute atomic E-state index is 0.772. The Kier molecular flexibility index (Phi) is 4.14. The van der Waals surface area contributed by atoms with Crippen LogP contribution in [-0.4, -0.2) is 11.6 Å². The predicted octanol–water partition coefficient (Wildman–Crippen LogP) is 3.93. The average molecular weight is 227 g/mol. The van der Waals surface area contributed by atoms with Gasteiger partial charge >= 0.3 is 0 Å². The van der Waals surface area contributed by atoms with Gasteiger partial charge in [-0.3, -0.25) is 4.98 Å². The van der Waals surface area contributed by atoms with Crippen LogP contribution in [-0.2, 0) is 0 Å². The summed E-state index contributed by atoms with van der Waals surface area (Å²) in [5, 5.41) is 0. The van der Waals surface area contributed by atoms with Gasteiger partial charge in [0.25, 0.3) is 0 Å². The number of aromatic nitrogens is 1. The van der Waals surface area contributed by atoms with Crippen molar-refractivity contribution in [3.05, 3.63) is 48.8 Å². The second kappa shape index (κ2) is 6.04. The van der Waals surface area contributed by atoms with Crippen LogP contribution in [0.2, 0.25) is 0 Å². The van der Waals surface area contributed by atoms with E-state index < -0.39 is 0 Å². The van der Waals surface area contributed by atoms with Gasteiger partial charge in [0.05, 0.1) is 6.61 Å². The van der Waals surface area contributed by atoms with Crippen molar-refractivity contribution in [2.75, 3.05) is 6.61 Å². The van der Waals surface area contributed by atoms with E-state index in [4.69, 9.17) is 4.74 Å². The molecule has 17 heavy (non-hydrogen) atoms. The van der Waals surface area contributed by atoms with Gasteiger partial charge in [0, 0.05) is 23.5 Å². The SMILES string of the molecule is CCCCOc1ccccc1-c1cccnc1. The highest BCUT2D eigenvalue weighted by molar-refractivity contribution is 5.69. The Morgan fingerprint density at radius 3 is 2.76 bits per heavy atom. The molecule has 0 unspecified atom stereocenters. The molecule has 0 aliphatic heterocycles. The van der Waals surface area contributed by atoms with Gasteiger partial charge in [0.15, 0.2) is 0 Å². The van der Waals surface area contributed by atoms with Gasteiger partial charge in [0.1, 0.15) is 5.75 Å². The molecular formula is C15H17NO. The number of unbranched alkanes of at least 4 members (excludes halogenated alkanes) is 1. The number of ether oxygens (including phenoxy) is 1. The lowest BCUT2D eigenvalue weighted by Gasteiger charge is -2.10. The van der Waals surface area contributed by atoms with E-state index in [1.807, 2.05) is 30.5 Å². The second-order valence-corrected chi connectivity index (χ2v) is 3.94. The number of pyridine rings is 1. The number of hydrogen-bond donors (Lipinski definition) is 0. The Morgan fingerprint density at radius 2 is 2.00 bits per heavy atom. The van der Waals surface area contributed by atoms with Crippen molar-refractivity contribution in [2.45, 2.75) is 19.8 Å². The van der Waals surface area contributed by atoms with Gasteiger partial charge in [0.2, 0.25) is 0 Å². The van der Waals surface area contributed by atoms with Crippen LogP contribution in [0.3, 0.4) is 0 Å². The summed E-state index contributed by atoms with van der Waals surface area (Å²) in [6, 6.07) is 12.1. The molecule has 0 saturated heterocycles. The lowest BCUT2D eigenvalue weighted by Crippen LogP contribution is -1.97. The highest BCUT2D eigenvalue weighted by Gasteiger charge is 2.04. The number of benzene rings is 1. The number of hydrogen-bond acceptors (Lipinski definition) is 2. The molecule has 0 aliphatic rings. The quantitative estimate of drug-likeness (QED) is 0.722. The summed E-state index contributed by atoms with van der Waals surface area (Å²) in [6.07, 6.45) is 5.88.